The maximum absolute atomic E-state index is 5.14. The van der Waals surface area contributed by atoms with Crippen molar-refractivity contribution in [3.05, 3.63) is 170 Å². The summed E-state index contributed by atoms with van der Waals surface area (Å²) in [5, 5.41) is 4.66. The predicted octanol–water partition coefficient (Wildman–Crippen LogP) is 10.8. The maximum Gasteiger partial charge on any atom is 0.164 e. The van der Waals surface area contributed by atoms with Crippen LogP contribution < -0.4 is 0 Å². The van der Waals surface area contributed by atoms with Crippen molar-refractivity contribution < 1.29 is 0 Å². The van der Waals surface area contributed by atoms with E-state index in [1.54, 1.807) is 0 Å². The number of aromatic nitrogens is 4. The summed E-state index contributed by atoms with van der Waals surface area (Å²) in [6.45, 7) is 0. The lowest BCUT2D eigenvalue weighted by atomic mass is 10.0. The smallest absolute Gasteiger partial charge is 0.164 e. The summed E-state index contributed by atoms with van der Waals surface area (Å²) in [5.74, 6) is 1.94. The van der Waals surface area contributed by atoms with Crippen molar-refractivity contribution in [3.8, 4) is 51.0 Å². The number of fused-ring (bicyclic) bond motifs is 4. The average Bonchev–Trinajstić information content (AvgIpc) is 3.49. The van der Waals surface area contributed by atoms with Crippen LogP contribution in [0.5, 0.6) is 0 Å². The van der Waals surface area contributed by atoms with E-state index in [4.69, 9.17) is 15.0 Å². The summed E-state index contributed by atoms with van der Waals surface area (Å²) < 4.78 is 2.39. The van der Waals surface area contributed by atoms with Crippen LogP contribution in [-0.4, -0.2) is 19.5 Å². The first-order valence-electron chi connectivity index (χ1n) is 15.8. The van der Waals surface area contributed by atoms with Gasteiger partial charge in [0.2, 0.25) is 0 Å². The van der Waals surface area contributed by atoms with Crippen LogP contribution >= 0.6 is 0 Å². The van der Waals surface area contributed by atoms with Crippen molar-refractivity contribution in [1.82, 2.24) is 19.5 Å². The molecule has 0 unspecified atom stereocenters. The van der Waals surface area contributed by atoms with Crippen LogP contribution in [0.2, 0.25) is 0 Å². The normalized spacial score (nSPS) is 11.4. The standard InChI is InChI=1S/C43H28N4/c1-4-14-29(15-5-1)33-26-27-38-36(28-33)40-35(23-13-25-39(40)47(38)37-24-12-21-30-16-10-11-22-34(30)37)43-45-41(31-17-6-2-7-18-31)44-42(46-43)32-19-8-3-9-20-32/h1-28H. The van der Waals surface area contributed by atoms with Crippen molar-refractivity contribution in [1.29, 1.82) is 0 Å². The molecule has 2 aromatic heterocycles. The maximum atomic E-state index is 5.14. The molecule has 0 bridgehead atoms. The largest absolute Gasteiger partial charge is 0.309 e. The van der Waals surface area contributed by atoms with E-state index in [9.17, 15) is 0 Å². The van der Waals surface area contributed by atoms with Gasteiger partial charge in [0.25, 0.3) is 0 Å². The highest BCUT2D eigenvalue weighted by molar-refractivity contribution is 6.17. The van der Waals surface area contributed by atoms with Gasteiger partial charge in [-0.1, -0.05) is 146 Å². The van der Waals surface area contributed by atoms with Crippen LogP contribution in [0.25, 0.3) is 83.6 Å². The molecule has 0 amide bonds. The van der Waals surface area contributed by atoms with Gasteiger partial charge in [-0.3, -0.25) is 0 Å². The molecule has 0 aliphatic carbocycles. The Bertz CT molecular complexity index is 2490. The van der Waals surface area contributed by atoms with Crippen molar-refractivity contribution in [2.75, 3.05) is 0 Å². The number of rotatable bonds is 5. The topological polar surface area (TPSA) is 43.6 Å². The number of nitrogens with zero attached hydrogens (tertiary/aromatic N) is 4. The van der Waals surface area contributed by atoms with E-state index in [1.807, 2.05) is 60.7 Å². The summed E-state index contributed by atoms with van der Waals surface area (Å²) in [5.41, 5.74) is 8.57. The summed E-state index contributed by atoms with van der Waals surface area (Å²) in [4.78, 5) is 15.2. The fraction of sp³-hybridized carbons (Fsp3) is 0. The van der Waals surface area contributed by atoms with Gasteiger partial charge in [-0.25, -0.2) is 15.0 Å². The van der Waals surface area contributed by atoms with E-state index in [0.29, 0.717) is 17.5 Å². The zero-order valence-electron chi connectivity index (χ0n) is 25.5. The van der Waals surface area contributed by atoms with Crippen LogP contribution in [-0.2, 0) is 0 Å². The van der Waals surface area contributed by atoms with E-state index < -0.39 is 0 Å². The zero-order valence-corrected chi connectivity index (χ0v) is 25.5. The molecule has 0 aliphatic rings. The molecule has 7 aromatic carbocycles. The van der Waals surface area contributed by atoms with Crippen molar-refractivity contribution in [3.63, 3.8) is 0 Å². The lowest BCUT2D eigenvalue weighted by molar-refractivity contribution is 1.08. The average molecular weight is 601 g/mol. The van der Waals surface area contributed by atoms with Gasteiger partial charge in [0, 0.05) is 32.8 Å². The fourth-order valence-corrected chi connectivity index (χ4v) is 6.66. The molecule has 0 atom stereocenters. The van der Waals surface area contributed by atoms with Crippen molar-refractivity contribution in [2.24, 2.45) is 0 Å². The molecule has 47 heavy (non-hydrogen) atoms. The van der Waals surface area contributed by atoms with Crippen molar-refractivity contribution >= 4 is 32.6 Å². The zero-order chi connectivity index (χ0) is 31.2. The molecule has 4 heteroatoms. The molecule has 9 rings (SSSR count). The number of hydrogen-bond acceptors (Lipinski definition) is 3. The molecule has 0 saturated carbocycles. The Morgan fingerprint density at radius 1 is 0.362 bits per heavy atom. The first-order chi connectivity index (χ1) is 23.3. The number of hydrogen-bond donors (Lipinski definition) is 0. The highest BCUT2D eigenvalue weighted by atomic mass is 15.0. The highest BCUT2D eigenvalue weighted by Crippen LogP contribution is 2.41. The molecular weight excluding hydrogens is 573 g/mol. The van der Waals surface area contributed by atoms with Gasteiger partial charge < -0.3 is 4.57 Å². The summed E-state index contributed by atoms with van der Waals surface area (Å²) in [6, 6.07) is 59.2. The second-order valence-electron chi connectivity index (χ2n) is 11.7. The molecule has 0 fully saturated rings. The molecule has 0 aliphatic heterocycles. The van der Waals surface area contributed by atoms with Gasteiger partial charge >= 0.3 is 0 Å². The number of benzene rings is 7. The van der Waals surface area contributed by atoms with E-state index in [2.05, 4.69) is 114 Å². The van der Waals surface area contributed by atoms with Gasteiger partial charge in [0.05, 0.1) is 16.7 Å². The van der Waals surface area contributed by atoms with Gasteiger partial charge in [0.1, 0.15) is 0 Å². The highest BCUT2D eigenvalue weighted by Gasteiger charge is 2.21. The van der Waals surface area contributed by atoms with E-state index in [-0.39, 0.29) is 0 Å². The molecule has 4 nitrogen and oxygen atoms in total. The minimum absolute atomic E-state index is 0.644. The molecule has 9 aromatic rings. The minimum Gasteiger partial charge on any atom is -0.309 e. The molecule has 0 saturated heterocycles. The minimum atomic E-state index is 0.644. The lowest BCUT2D eigenvalue weighted by Crippen LogP contribution is -2.00. The Hall–Kier alpha value is -6.39. The van der Waals surface area contributed by atoms with Gasteiger partial charge in [0.15, 0.2) is 17.5 Å². The van der Waals surface area contributed by atoms with Crippen LogP contribution in [0, 0.1) is 0 Å². The monoisotopic (exact) mass is 600 g/mol. The van der Waals surface area contributed by atoms with Crippen LogP contribution in [0.15, 0.2) is 170 Å². The van der Waals surface area contributed by atoms with Gasteiger partial charge in [-0.15, -0.1) is 0 Å². The summed E-state index contributed by atoms with van der Waals surface area (Å²) >= 11 is 0. The van der Waals surface area contributed by atoms with Gasteiger partial charge in [-0.2, -0.15) is 0 Å². The Morgan fingerprint density at radius 2 is 0.936 bits per heavy atom. The van der Waals surface area contributed by atoms with E-state index >= 15 is 0 Å². The third-order valence-electron chi connectivity index (χ3n) is 8.85. The molecule has 2 heterocycles. The van der Waals surface area contributed by atoms with Crippen LogP contribution in [0.1, 0.15) is 0 Å². The third-order valence-corrected chi connectivity index (χ3v) is 8.85. The predicted molar refractivity (Wildman–Crippen MR) is 193 cm³/mol. The molecule has 0 radical (unpaired) electrons. The first kappa shape index (κ1) is 27.0. The molecule has 0 N–H and O–H groups in total. The van der Waals surface area contributed by atoms with E-state index in [0.717, 1.165) is 49.7 Å². The molecular formula is C43H28N4. The summed E-state index contributed by atoms with van der Waals surface area (Å²) in [7, 11) is 0. The van der Waals surface area contributed by atoms with Crippen LogP contribution in [0.4, 0.5) is 0 Å². The van der Waals surface area contributed by atoms with Gasteiger partial charge in [-0.05, 0) is 40.8 Å². The summed E-state index contributed by atoms with van der Waals surface area (Å²) in [6.07, 6.45) is 0. The first-order valence-corrected chi connectivity index (χ1v) is 15.8. The Balaban J connectivity index is 1.38. The second kappa shape index (κ2) is 11.2. The van der Waals surface area contributed by atoms with Crippen LogP contribution in [0.3, 0.4) is 0 Å². The Kier molecular flexibility index (Phi) is 6.43. The molecule has 220 valence electrons. The Morgan fingerprint density at radius 3 is 1.64 bits per heavy atom. The third kappa shape index (κ3) is 4.66. The lowest BCUT2D eigenvalue weighted by Gasteiger charge is -2.12. The Labute approximate surface area is 272 Å². The quantitative estimate of drug-likeness (QED) is 0.197. The second-order valence-corrected chi connectivity index (χ2v) is 11.7. The van der Waals surface area contributed by atoms with Crippen molar-refractivity contribution in [2.45, 2.75) is 0 Å². The SMILES string of the molecule is c1ccc(-c2ccc3c(c2)c2c(-c4nc(-c5ccccc5)nc(-c5ccccc5)n4)cccc2n3-c2cccc3ccccc23)cc1. The van der Waals surface area contributed by atoms with E-state index in [1.165, 1.54) is 16.3 Å². The fourth-order valence-electron chi connectivity index (χ4n) is 6.66. The molecule has 0 spiro atoms.